The molecule has 1 saturated heterocycles. The average molecular weight is 247 g/mol. The van der Waals surface area contributed by atoms with Gasteiger partial charge in [-0.3, -0.25) is 9.88 Å². The largest absolute Gasteiger partial charge is 0.374 e. The van der Waals surface area contributed by atoms with Crippen LogP contribution in [0.15, 0.2) is 24.4 Å². The summed E-state index contributed by atoms with van der Waals surface area (Å²) in [4.78, 5) is 6.88. The zero-order valence-electron chi connectivity index (χ0n) is 10.7. The fourth-order valence-electron chi connectivity index (χ4n) is 2.50. The second-order valence-electron chi connectivity index (χ2n) is 5.17. The third kappa shape index (κ3) is 3.28. The first-order valence-electron chi connectivity index (χ1n) is 6.88. The zero-order valence-corrected chi connectivity index (χ0v) is 10.7. The maximum Gasteiger partial charge on any atom is 0.0826 e. The van der Waals surface area contributed by atoms with E-state index in [0.29, 0.717) is 6.10 Å². The molecule has 0 radical (unpaired) electrons. The molecule has 0 aromatic carbocycles. The summed E-state index contributed by atoms with van der Waals surface area (Å²) in [5.41, 5.74) is 1.09. The Bertz CT molecular complexity index is 367. The van der Waals surface area contributed by atoms with Crippen molar-refractivity contribution >= 4 is 0 Å². The van der Waals surface area contributed by atoms with E-state index in [1.807, 2.05) is 24.4 Å². The van der Waals surface area contributed by atoms with Crippen LogP contribution >= 0.6 is 0 Å². The van der Waals surface area contributed by atoms with Crippen molar-refractivity contribution in [2.45, 2.75) is 31.5 Å². The highest BCUT2D eigenvalue weighted by Crippen LogP contribution is 2.28. The molecular weight excluding hydrogens is 226 g/mol. The zero-order chi connectivity index (χ0) is 12.2. The number of ether oxygens (including phenoxy) is 1. The summed E-state index contributed by atoms with van der Waals surface area (Å²) in [6.07, 6.45) is 4.94. The van der Waals surface area contributed by atoms with E-state index in [9.17, 15) is 0 Å². The van der Waals surface area contributed by atoms with Crippen molar-refractivity contribution in [3.05, 3.63) is 30.1 Å². The molecule has 2 heterocycles. The molecule has 0 amide bonds. The second kappa shape index (κ2) is 5.78. The smallest absolute Gasteiger partial charge is 0.0826 e. The molecule has 3 rings (SSSR count). The summed E-state index contributed by atoms with van der Waals surface area (Å²) < 4.78 is 5.80. The Labute approximate surface area is 108 Å². The van der Waals surface area contributed by atoms with Gasteiger partial charge in [0.05, 0.1) is 18.4 Å². The molecule has 98 valence electrons. The Morgan fingerprint density at radius 2 is 2.33 bits per heavy atom. The third-order valence-corrected chi connectivity index (χ3v) is 3.64. The minimum atomic E-state index is 0.336. The number of hydrogen-bond acceptors (Lipinski definition) is 4. The van der Waals surface area contributed by atoms with Gasteiger partial charge in [-0.05, 0) is 25.0 Å². The lowest BCUT2D eigenvalue weighted by Crippen LogP contribution is -2.47. The fraction of sp³-hybridized carbons (Fsp3) is 0.643. The van der Waals surface area contributed by atoms with E-state index < -0.39 is 0 Å². The second-order valence-corrected chi connectivity index (χ2v) is 5.17. The Balaban J connectivity index is 1.40. The molecule has 1 saturated carbocycles. The first kappa shape index (κ1) is 12.1. The van der Waals surface area contributed by atoms with Gasteiger partial charge in [-0.1, -0.05) is 6.07 Å². The minimum absolute atomic E-state index is 0.336. The highest BCUT2D eigenvalue weighted by molar-refractivity contribution is 5.02. The summed E-state index contributed by atoms with van der Waals surface area (Å²) in [7, 11) is 0. The maximum absolute atomic E-state index is 5.80. The molecule has 1 aliphatic carbocycles. The van der Waals surface area contributed by atoms with Gasteiger partial charge in [-0.25, -0.2) is 0 Å². The van der Waals surface area contributed by atoms with Crippen LogP contribution in [0.4, 0.5) is 0 Å². The summed E-state index contributed by atoms with van der Waals surface area (Å²) in [5, 5.41) is 3.44. The van der Waals surface area contributed by atoms with Crippen LogP contribution in [-0.4, -0.2) is 48.3 Å². The quantitative estimate of drug-likeness (QED) is 0.843. The van der Waals surface area contributed by atoms with E-state index in [1.54, 1.807) is 0 Å². The van der Waals surface area contributed by atoms with Gasteiger partial charge in [0.1, 0.15) is 0 Å². The number of hydrogen-bond donors (Lipinski definition) is 1. The average Bonchev–Trinajstić information content (AvgIpc) is 3.25. The van der Waals surface area contributed by atoms with Gasteiger partial charge >= 0.3 is 0 Å². The number of morpholine rings is 1. The van der Waals surface area contributed by atoms with Gasteiger partial charge in [0.25, 0.3) is 0 Å². The minimum Gasteiger partial charge on any atom is -0.374 e. The highest BCUT2D eigenvalue weighted by Gasteiger charge is 2.32. The Hall–Kier alpha value is -0.970. The molecule has 1 atom stereocenters. The molecule has 1 aromatic heterocycles. The van der Waals surface area contributed by atoms with Gasteiger partial charge in [0.2, 0.25) is 0 Å². The van der Waals surface area contributed by atoms with Crippen molar-refractivity contribution in [3.63, 3.8) is 0 Å². The molecule has 2 aliphatic rings. The summed E-state index contributed by atoms with van der Waals surface area (Å²) in [6.45, 7) is 4.82. The van der Waals surface area contributed by atoms with Crippen molar-refractivity contribution in [3.8, 4) is 0 Å². The summed E-state index contributed by atoms with van der Waals surface area (Å²) in [6, 6.07) is 6.87. The molecular formula is C14H21N3O. The van der Waals surface area contributed by atoms with Gasteiger partial charge in [0.15, 0.2) is 0 Å². The van der Waals surface area contributed by atoms with Crippen LogP contribution in [0, 0.1) is 0 Å². The highest BCUT2D eigenvalue weighted by atomic mass is 16.5. The van der Waals surface area contributed by atoms with E-state index in [2.05, 4.69) is 15.2 Å². The lowest BCUT2D eigenvalue weighted by Gasteiger charge is -2.33. The SMILES string of the molecule is c1ccc(CNCC2CN(C3CC3)CCO2)nc1. The molecule has 4 heteroatoms. The standard InChI is InChI=1S/C14H21N3O/c1-2-6-16-12(3-1)9-15-10-14-11-17(7-8-18-14)13-4-5-13/h1-3,6,13-15H,4-5,7-11H2. The normalized spacial score (nSPS) is 25.2. The number of nitrogens with one attached hydrogen (secondary N) is 1. The monoisotopic (exact) mass is 247 g/mol. The Morgan fingerprint density at radius 1 is 1.39 bits per heavy atom. The van der Waals surface area contributed by atoms with E-state index in [0.717, 1.165) is 44.5 Å². The van der Waals surface area contributed by atoms with Crippen LogP contribution in [0.3, 0.4) is 0 Å². The van der Waals surface area contributed by atoms with Crippen molar-refractivity contribution in [1.29, 1.82) is 0 Å². The summed E-state index contributed by atoms with van der Waals surface area (Å²) >= 11 is 0. The predicted molar refractivity (Wildman–Crippen MR) is 70.3 cm³/mol. The first-order chi connectivity index (χ1) is 8.92. The number of nitrogens with zero attached hydrogens (tertiary/aromatic N) is 2. The van der Waals surface area contributed by atoms with Crippen LogP contribution in [-0.2, 0) is 11.3 Å². The molecule has 1 N–H and O–H groups in total. The molecule has 2 fully saturated rings. The van der Waals surface area contributed by atoms with Gasteiger partial charge in [-0.15, -0.1) is 0 Å². The Morgan fingerprint density at radius 3 is 3.11 bits per heavy atom. The van der Waals surface area contributed by atoms with E-state index in [1.165, 1.54) is 12.8 Å². The van der Waals surface area contributed by atoms with Crippen LogP contribution in [0.25, 0.3) is 0 Å². The van der Waals surface area contributed by atoms with Crippen molar-refractivity contribution in [2.24, 2.45) is 0 Å². The predicted octanol–water partition coefficient (Wildman–Crippen LogP) is 1.03. The van der Waals surface area contributed by atoms with Gasteiger partial charge < -0.3 is 10.1 Å². The molecule has 18 heavy (non-hydrogen) atoms. The Kier molecular flexibility index (Phi) is 3.88. The molecule has 0 bridgehead atoms. The van der Waals surface area contributed by atoms with E-state index >= 15 is 0 Å². The lowest BCUT2D eigenvalue weighted by atomic mass is 10.2. The van der Waals surface area contributed by atoms with Crippen molar-refractivity contribution < 1.29 is 4.74 Å². The number of aromatic nitrogens is 1. The summed E-state index contributed by atoms with van der Waals surface area (Å²) in [5.74, 6) is 0. The van der Waals surface area contributed by atoms with E-state index in [-0.39, 0.29) is 0 Å². The van der Waals surface area contributed by atoms with Crippen LogP contribution in [0.5, 0.6) is 0 Å². The fourth-order valence-corrected chi connectivity index (χ4v) is 2.50. The molecule has 4 nitrogen and oxygen atoms in total. The number of rotatable bonds is 5. The van der Waals surface area contributed by atoms with Crippen LogP contribution in [0.2, 0.25) is 0 Å². The third-order valence-electron chi connectivity index (χ3n) is 3.64. The molecule has 1 aliphatic heterocycles. The van der Waals surface area contributed by atoms with Gasteiger partial charge in [-0.2, -0.15) is 0 Å². The lowest BCUT2D eigenvalue weighted by molar-refractivity contribution is -0.0301. The van der Waals surface area contributed by atoms with E-state index in [4.69, 9.17) is 4.74 Å². The van der Waals surface area contributed by atoms with Crippen molar-refractivity contribution in [1.82, 2.24) is 15.2 Å². The molecule has 1 unspecified atom stereocenters. The topological polar surface area (TPSA) is 37.4 Å². The molecule has 0 spiro atoms. The number of pyridine rings is 1. The van der Waals surface area contributed by atoms with Crippen molar-refractivity contribution in [2.75, 3.05) is 26.2 Å². The molecule has 1 aromatic rings. The van der Waals surface area contributed by atoms with Gasteiger partial charge in [0, 0.05) is 38.4 Å². The van der Waals surface area contributed by atoms with Crippen LogP contribution < -0.4 is 5.32 Å². The van der Waals surface area contributed by atoms with Crippen LogP contribution in [0.1, 0.15) is 18.5 Å². The first-order valence-corrected chi connectivity index (χ1v) is 6.88. The maximum atomic E-state index is 5.80.